The van der Waals surface area contributed by atoms with Crippen LogP contribution in [-0.2, 0) is 0 Å². The summed E-state index contributed by atoms with van der Waals surface area (Å²) in [6.45, 7) is 1.97. The summed E-state index contributed by atoms with van der Waals surface area (Å²) >= 11 is 6.00. The number of hydrogen-bond acceptors (Lipinski definition) is 3. The van der Waals surface area contributed by atoms with E-state index >= 15 is 0 Å². The molecule has 0 atom stereocenters. The maximum Gasteiger partial charge on any atom is 0.254 e. The Bertz CT molecular complexity index is 1110. The molecule has 0 spiro atoms. The van der Waals surface area contributed by atoms with Crippen LogP contribution in [-0.4, -0.2) is 54.9 Å². The van der Waals surface area contributed by atoms with Crippen molar-refractivity contribution in [2.24, 2.45) is 0 Å². The van der Waals surface area contributed by atoms with Crippen molar-refractivity contribution in [1.29, 1.82) is 0 Å². The number of benzene rings is 3. The van der Waals surface area contributed by atoms with E-state index < -0.39 is 0 Å². The maximum absolute atomic E-state index is 13.1. The van der Waals surface area contributed by atoms with E-state index in [0.29, 0.717) is 42.3 Å². The van der Waals surface area contributed by atoms with Gasteiger partial charge < -0.3 is 14.5 Å². The lowest BCUT2D eigenvalue weighted by Gasteiger charge is -2.35. The van der Waals surface area contributed by atoms with Crippen molar-refractivity contribution in [3.63, 3.8) is 0 Å². The lowest BCUT2D eigenvalue weighted by molar-refractivity contribution is 0.0535. The zero-order chi connectivity index (χ0) is 21.8. The number of halogens is 1. The van der Waals surface area contributed by atoms with Crippen molar-refractivity contribution in [3.8, 4) is 16.9 Å². The number of ether oxygens (including phenoxy) is 1. The largest absolute Gasteiger partial charge is 0.497 e. The second-order valence-corrected chi connectivity index (χ2v) is 7.84. The third-order valence-electron chi connectivity index (χ3n) is 5.44. The van der Waals surface area contributed by atoms with E-state index in [1.165, 1.54) is 0 Å². The first-order valence-electron chi connectivity index (χ1n) is 10.1. The molecule has 31 heavy (non-hydrogen) atoms. The molecule has 0 unspecified atom stereocenters. The molecule has 0 saturated carbocycles. The number of methoxy groups -OCH3 is 1. The molecule has 4 rings (SSSR count). The summed E-state index contributed by atoms with van der Waals surface area (Å²) in [5.41, 5.74) is 3.15. The monoisotopic (exact) mass is 434 g/mol. The molecule has 3 aromatic carbocycles. The van der Waals surface area contributed by atoms with Gasteiger partial charge in [-0.05, 0) is 53.6 Å². The molecule has 1 saturated heterocycles. The smallest absolute Gasteiger partial charge is 0.254 e. The van der Waals surface area contributed by atoms with Gasteiger partial charge >= 0.3 is 0 Å². The second-order valence-electron chi connectivity index (χ2n) is 7.41. The Morgan fingerprint density at radius 3 is 1.84 bits per heavy atom. The van der Waals surface area contributed by atoms with Crippen LogP contribution in [0.4, 0.5) is 0 Å². The van der Waals surface area contributed by atoms with Gasteiger partial charge in [-0.25, -0.2) is 0 Å². The normalized spacial score (nSPS) is 13.7. The molecule has 0 aliphatic carbocycles. The quantitative estimate of drug-likeness (QED) is 0.602. The highest BCUT2D eigenvalue weighted by Gasteiger charge is 2.25. The predicted molar refractivity (Wildman–Crippen MR) is 122 cm³/mol. The number of nitrogens with zero attached hydrogens (tertiary/aromatic N) is 2. The maximum atomic E-state index is 13.1. The summed E-state index contributed by atoms with van der Waals surface area (Å²) in [6.07, 6.45) is 0. The predicted octanol–water partition coefficient (Wildman–Crippen LogP) is 4.61. The molecular weight excluding hydrogens is 412 g/mol. The van der Waals surface area contributed by atoms with Gasteiger partial charge in [0, 0.05) is 42.3 Å². The van der Waals surface area contributed by atoms with Gasteiger partial charge in [-0.2, -0.15) is 0 Å². The zero-order valence-corrected chi connectivity index (χ0v) is 18.0. The highest BCUT2D eigenvalue weighted by Crippen LogP contribution is 2.25. The number of carbonyl (C=O) groups is 2. The minimum atomic E-state index is -0.0605. The van der Waals surface area contributed by atoms with Gasteiger partial charge in [0.15, 0.2) is 0 Å². The van der Waals surface area contributed by atoms with Crippen LogP contribution < -0.4 is 4.74 Å². The van der Waals surface area contributed by atoms with Crippen molar-refractivity contribution in [2.75, 3.05) is 33.3 Å². The molecule has 0 radical (unpaired) electrons. The average Bonchev–Trinajstić information content (AvgIpc) is 2.83. The SMILES string of the molecule is COc1cccc(-c2cccc(C(=O)N3CCN(C(=O)c4cccc(Cl)c4)CC3)c2)c1. The van der Waals surface area contributed by atoms with Crippen LogP contribution >= 0.6 is 11.6 Å². The topological polar surface area (TPSA) is 49.9 Å². The number of carbonyl (C=O) groups excluding carboxylic acids is 2. The van der Waals surface area contributed by atoms with Gasteiger partial charge in [-0.1, -0.05) is 41.9 Å². The number of piperazine rings is 1. The lowest BCUT2D eigenvalue weighted by atomic mass is 10.0. The molecule has 1 heterocycles. The van der Waals surface area contributed by atoms with E-state index in [1.54, 1.807) is 41.2 Å². The Balaban J connectivity index is 1.43. The minimum Gasteiger partial charge on any atom is -0.497 e. The van der Waals surface area contributed by atoms with Crippen molar-refractivity contribution >= 4 is 23.4 Å². The van der Waals surface area contributed by atoms with E-state index in [0.717, 1.165) is 16.9 Å². The second kappa shape index (κ2) is 9.23. The molecule has 6 heteroatoms. The fourth-order valence-corrected chi connectivity index (χ4v) is 3.92. The van der Waals surface area contributed by atoms with E-state index in [4.69, 9.17) is 16.3 Å². The summed E-state index contributed by atoms with van der Waals surface area (Å²) in [5.74, 6) is 0.684. The standard InChI is InChI=1S/C25H23ClN2O3/c1-31-23-10-4-6-19(17-23)18-5-2-7-20(15-18)24(29)27-11-13-28(14-12-27)25(30)21-8-3-9-22(26)16-21/h2-10,15-17H,11-14H2,1H3. The first-order chi connectivity index (χ1) is 15.0. The van der Waals surface area contributed by atoms with Crippen LogP contribution in [0.15, 0.2) is 72.8 Å². The summed E-state index contributed by atoms with van der Waals surface area (Å²) < 4.78 is 5.30. The highest BCUT2D eigenvalue weighted by atomic mass is 35.5. The van der Waals surface area contributed by atoms with Crippen LogP contribution in [0.3, 0.4) is 0 Å². The van der Waals surface area contributed by atoms with Crippen molar-refractivity contribution < 1.29 is 14.3 Å². The van der Waals surface area contributed by atoms with E-state index in [9.17, 15) is 9.59 Å². The molecule has 3 aromatic rings. The van der Waals surface area contributed by atoms with Crippen LogP contribution in [0.5, 0.6) is 5.75 Å². The molecule has 5 nitrogen and oxygen atoms in total. The van der Waals surface area contributed by atoms with Gasteiger partial charge in [-0.3, -0.25) is 9.59 Å². The first kappa shape index (κ1) is 20.9. The molecule has 1 aliphatic rings. The number of rotatable bonds is 4. The van der Waals surface area contributed by atoms with Crippen LogP contribution in [0.1, 0.15) is 20.7 Å². The van der Waals surface area contributed by atoms with Crippen LogP contribution in [0.25, 0.3) is 11.1 Å². The van der Waals surface area contributed by atoms with Crippen molar-refractivity contribution in [2.45, 2.75) is 0 Å². The molecule has 158 valence electrons. The Morgan fingerprint density at radius 1 is 0.742 bits per heavy atom. The highest BCUT2D eigenvalue weighted by molar-refractivity contribution is 6.30. The number of amides is 2. The number of hydrogen-bond donors (Lipinski definition) is 0. The van der Waals surface area contributed by atoms with Crippen LogP contribution in [0, 0.1) is 0 Å². The summed E-state index contributed by atoms with van der Waals surface area (Å²) in [4.78, 5) is 29.3. The zero-order valence-electron chi connectivity index (χ0n) is 17.3. The third-order valence-corrected chi connectivity index (χ3v) is 5.67. The molecule has 1 aliphatic heterocycles. The van der Waals surface area contributed by atoms with Crippen LogP contribution in [0.2, 0.25) is 5.02 Å². The lowest BCUT2D eigenvalue weighted by Crippen LogP contribution is -2.50. The molecule has 1 fully saturated rings. The molecule has 0 bridgehead atoms. The third kappa shape index (κ3) is 4.72. The molecule has 2 amide bonds. The Morgan fingerprint density at radius 2 is 1.26 bits per heavy atom. The van der Waals surface area contributed by atoms with Crippen molar-refractivity contribution in [3.05, 3.63) is 88.9 Å². The van der Waals surface area contributed by atoms with Gasteiger partial charge in [0.25, 0.3) is 11.8 Å². The minimum absolute atomic E-state index is 0.0281. The Labute approximate surface area is 186 Å². The van der Waals surface area contributed by atoms with Gasteiger partial charge in [0.05, 0.1) is 7.11 Å². The van der Waals surface area contributed by atoms with Gasteiger partial charge in [0.2, 0.25) is 0 Å². The van der Waals surface area contributed by atoms with E-state index in [1.807, 2.05) is 48.5 Å². The Hall–Kier alpha value is -3.31. The van der Waals surface area contributed by atoms with E-state index in [-0.39, 0.29) is 11.8 Å². The summed E-state index contributed by atoms with van der Waals surface area (Å²) in [6, 6.07) is 22.3. The van der Waals surface area contributed by atoms with Gasteiger partial charge in [-0.15, -0.1) is 0 Å². The Kier molecular flexibility index (Phi) is 6.23. The van der Waals surface area contributed by atoms with E-state index in [2.05, 4.69) is 0 Å². The van der Waals surface area contributed by atoms with Crippen molar-refractivity contribution in [1.82, 2.24) is 9.80 Å². The molecular formula is C25H23ClN2O3. The summed E-state index contributed by atoms with van der Waals surface area (Å²) in [7, 11) is 1.63. The van der Waals surface area contributed by atoms with Gasteiger partial charge in [0.1, 0.15) is 5.75 Å². The summed E-state index contributed by atoms with van der Waals surface area (Å²) in [5, 5.41) is 0.538. The fraction of sp³-hybridized carbons (Fsp3) is 0.200. The molecule has 0 N–H and O–H groups in total. The molecule has 0 aromatic heterocycles. The fourth-order valence-electron chi connectivity index (χ4n) is 3.73. The average molecular weight is 435 g/mol. The first-order valence-corrected chi connectivity index (χ1v) is 10.5.